The molecule has 1 N–H and O–H groups in total. The lowest BCUT2D eigenvalue weighted by Gasteiger charge is -2.32. The van der Waals surface area contributed by atoms with Gasteiger partial charge < -0.3 is 5.11 Å². The second kappa shape index (κ2) is 9.59. The van der Waals surface area contributed by atoms with E-state index in [2.05, 4.69) is 66.2 Å². The standard InChI is InChI=1S/C27H36O/c1-10-15-21(16-23(11-2)27(13-4,14-5)20(6)7)22-17-24(19-25(28)18-22)26(8,9)12-3/h10-11,13,15-19,28H,1-2,4,6,12,14H2,3,5,7-9H3. The maximum absolute atomic E-state index is 10.4. The molecule has 28 heavy (non-hydrogen) atoms. The van der Waals surface area contributed by atoms with E-state index in [1.54, 1.807) is 12.1 Å². The van der Waals surface area contributed by atoms with Crippen LogP contribution in [0.3, 0.4) is 0 Å². The number of rotatable bonds is 10. The quantitative estimate of drug-likeness (QED) is 0.325. The van der Waals surface area contributed by atoms with Gasteiger partial charge in [-0.3, -0.25) is 0 Å². The third kappa shape index (κ3) is 4.84. The maximum Gasteiger partial charge on any atom is 0.116 e. The fraction of sp³-hybridized carbons (Fsp3) is 0.333. The first-order valence-corrected chi connectivity index (χ1v) is 9.93. The lowest BCUT2D eigenvalue weighted by molar-refractivity contribution is 0.464. The second-order valence-corrected chi connectivity index (χ2v) is 7.98. The van der Waals surface area contributed by atoms with Crippen molar-refractivity contribution in [2.24, 2.45) is 5.41 Å². The Morgan fingerprint density at radius 3 is 2.14 bits per heavy atom. The van der Waals surface area contributed by atoms with Gasteiger partial charge >= 0.3 is 0 Å². The third-order valence-corrected chi connectivity index (χ3v) is 5.93. The van der Waals surface area contributed by atoms with Crippen molar-refractivity contribution in [3.63, 3.8) is 0 Å². The minimum Gasteiger partial charge on any atom is -0.508 e. The van der Waals surface area contributed by atoms with Crippen LogP contribution in [0, 0.1) is 5.41 Å². The Labute approximate surface area is 172 Å². The van der Waals surface area contributed by atoms with E-state index in [-0.39, 0.29) is 16.6 Å². The maximum atomic E-state index is 10.4. The van der Waals surface area contributed by atoms with Crippen molar-refractivity contribution >= 4 is 5.57 Å². The lowest BCUT2D eigenvalue weighted by Crippen LogP contribution is -2.20. The first-order valence-electron chi connectivity index (χ1n) is 9.93. The van der Waals surface area contributed by atoms with Gasteiger partial charge in [0.25, 0.3) is 0 Å². The SMILES string of the molecule is C=CC=C(C=C(C=C)C(C=C)(CC)C(=C)C)c1cc(O)cc(C(C)(C)CC)c1. The number of benzene rings is 1. The average Bonchev–Trinajstić information content (AvgIpc) is 2.66. The largest absolute Gasteiger partial charge is 0.508 e. The normalized spacial score (nSPS) is 14.9. The van der Waals surface area contributed by atoms with Gasteiger partial charge in [0.15, 0.2) is 0 Å². The molecule has 0 aliphatic carbocycles. The summed E-state index contributed by atoms with van der Waals surface area (Å²) in [6.45, 7) is 26.9. The van der Waals surface area contributed by atoms with Crippen molar-refractivity contribution in [1.29, 1.82) is 0 Å². The molecule has 1 aromatic carbocycles. The van der Waals surface area contributed by atoms with E-state index in [1.807, 2.05) is 31.2 Å². The van der Waals surface area contributed by atoms with Gasteiger partial charge in [-0.25, -0.2) is 0 Å². The van der Waals surface area contributed by atoms with Crippen molar-refractivity contribution in [3.05, 3.63) is 97.2 Å². The molecule has 0 saturated carbocycles. The zero-order valence-electron chi connectivity index (χ0n) is 18.3. The number of allylic oxidation sites excluding steroid dienone is 8. The Hall–Kier alpha value is -2.54. The van der Waals surface area contributed by atoms with Gasteiger partial charge in [0.2, 0.25) is 0 Å². The predicted octanol–water partition coefficient (Wildman–Crippen LogP) is 7.92. The average molecular weight is 377 g/mol. The van der Waals surface area contributed by atoms with Crippen LogP contribution < -0.4 is 0 Å². The molecule has 0 aliphatic heterocycles. The fourth-order valence-corrected chi connectivity index (χ4v) is 3.45. The lowest BCUT2D eigenvalue weighted by atomic mass is 9.72. The molecule has 1 atom stereocenters. The van der Waals surface area contributed by atoms with Gasteiger partial charge in [-0.05, 0) is 65.7 Å². The second-order valence-electron chi connectivity index (χ2n) is 7.98. The molecule has 1 unspecified atom stereocenters. The number of phenols is 1. The fourth-order valence-electron chi connectivity index (χ4n) is 3.45. The smallest absolute Gasteiger partial charge is 0.116 e. The van der Waals surface area contributed by atoms with Crippen molar-refractivity contribution in [2.45, 2.75) is 52.9 Å². The molecule has 0 aliphatic rings. The molecule has 1 aromatic rings. The summed E-state index contributed by atoms with van der Waals surface area (Å²) in [5.74, 6) is 0.267. The monoisotopic (exact) mass is 376 g/mol. The van der Waals surface area contributed by atoms with Crippen LogP contribution in [0.2, 0.25) is 0 Å². The molecule has 0 spiro atoms. The molecule has 0 amide bonds. The highest BCUT2D eigenvalue weighted by atomic mass is 16.3. The van der Waals surface area contributed by atoms with E-state index in [9.17, 15) is 5.11 Å². The molecule has 0 heterocycles. The molecule has 0 bridgehead atoms. The van der Waals surface area contributed by atoms with Crippen LogP contribution in [0.15, 0.2) is 86.0 Å². The Morgan fingerprint density at radius 2 is 1.71 bits per heavy atom. The van der Waals surface area contributed by atoms with Crippen LogP contribution >= 0.6 is 0 Å². The van der Waals surface area contributed by atoms with Crippen molar-refractivity contribution in [1.82, 2.24) is 0 Å². The van der Waals surface area contributed by atoms with E-state index in [0.29, 0.717) is 0 Å². The summed E-state index contributed by atoms with van der Waals surface area (Å²) in [5, 5.41) is 10.4. The van der Waals surface area contributed by atoms with Gasteiger partial charge in [-0.15, -0.1) is 6.58 Å². The summed E-state index contributed by atoms with van der Waals surface area (Å²) < 4.78 is 0. The summed E-state index contributed by atoms with van der Waals surface area (Å²) in [7, 11) is 0. The Morgan fingerprint density at radius 1 is 1.07 bits per heavy atom. The predicted molar refractivity (Wildman–Crippen MR) is 126 cm³/mol. The zero-order chi connectivity index (χ0) is 21.5. The first kappa shape index (κ1) is 23.5. The minimum absolute atomic E-state index is 0.0241. The highest BCUT2D eigenvalue weighted by Gasteiger charge is 2.29. The Balaban J connectivity index is 3.71. The van der Waals surface area contributed by atoms with Crippen LogP contribution in [0.1, 0.15) is 58.6 Å². The molecule has 0 fully saturated rings. The first-order chi connectivity index (χ1) is 13.1. The van der Waals surface area contributed by atoms with Crippen LogP contribution in [-0.2, 0) is 5.41 Å². The van der Waals surface area contributed by atoms with E-state index in [0.717, 1.165) is 40.7 Å². The molecular weight excluding hydrogens is 340 g/mol. The number of phenolic OH excluding ortho intramolecular Hbond substituents is 1. The molecule has 0 aromatic heterocycles. The van der Waals surface area contributed by atoms with Gasteiger partial charge in [0.05, 0.1) is 0 Å². The zero-order valence-corrected chi connectivity index (χ0v) is 18.3. The van der Waals surface area contributed by atoms with Gasteiger partial charge in [-0.2, -0.15) is 0 Å². The van der Waals surface area contributed by atoms with Crippen LogP contribution in [0.25, 0.3) is 5.57 Å². The summed E-state index contributed by atoms with van der Waals surface area (Å²) in [4.78, 5) is 0. The van der Waals surface area contributed by atoms with Crippen LogP contribution in [0.5, 0.6) is 5.75 Å². The highest BCUT2D eigenvalue weighted by molar-refractivity contribution is 5.78. The Kier molecular flexibility index (Phi) is 8.05. The van der Waals surface area contributed by atoms with E-state index < -0.39 is 0 Å². The molecular formula is C27H36O. The van der Waals surface area contributed by atoms with E-state index >= 15 is 0 Å². The van der Waals surface area contributed by atoms with Crippen molar-refractivity contribution in [3.8, 4) is 5.75 Å². The summed E-state index contributed by atoms with van der Waals surface area (Å²) in [6.07, 6.45) is 11.5. The summed E-state index contributed by atoms with van der Waals surface area (Å²) in [5.41, 5.74) is 4.72. The highest BCUT2D eigenvalue weighted by Crippen LogP contribution is 2.42. The number of aromatic hydroxyl groups is 1. The van der Waals surface area contributed by atoms with E-state index in [4.69, 9.17) is 0 Å². The van der Waals surface area contributed by atoms with E-state index in [1.165, 1.54) is 0 Å². The van der Waals surface area contributed by atoms with Crippen LogP contribution in [0.4, 0.5) is 0 Å². The topological polar surface area (TPSA) is 20.2 Å². The summed E-state index contributed by atoms with van der Waals surface area (Å²) in [6, 6.07) is 5.80. The van der Waals surface area contributed by atoms with Gasteiger partial charge in [0, 0.05) is 5.41 Å². The molecule has 0 radical (unpaired) electrons. The van der Waals surface area contributed by atoms with Crippen LogP contribution in [-0.4, -0.2) is 5.11 Å². The number of hydrogen-bond acceptors (Lipinski definition) is 1. The Bertz CT molecular complexity index is 817. The third-order valence-electron chi connectivity index (χ3n) is 5.93. The van der Waals surface area contributed by atoms with Gasteiger partial charge in [0.1, 0.15) is 5.75 Å². The molecule has 1 rings (SSSR count). The molecule has 1 heteroatoms. The number of hydrogen-bond donors (Lipinski definition) is 1. The molecule has 0 saturated heterocycles. The summed E-state index contributed by atoms with van der Waals surface area (Å²) >= 11 is 0. The molecule has 150 valence electrons. The molecule has 1 nitrogen and oxygen atoms in total. The van der Waals surface area contributed by atoms with Crippen molar-refractivity contribution in [2.75, 3.05) is 0 Å². The van der Waals surface area contributed by atoms with Crippen molar-refractivity contribution < 1.29 is 5.11 Å². The van der Waals surface area contributed by atoms with Gasteiger partial charge in [-0.1, -0.05) is 83.4 Å². The minimum atomic E-state index is -0.343.